The highest BCUT2D eigenvalue weighted by Gasteiger charge is 2.18. The molecule has 148 valence electrons. The van der Waals surface area contributed by atoms with Crippen molar-refractivity contribution >= 4 is 29.1 Å². The van der Waals surface area contributed by atoms with Gasteiger partial charge in [0.1, 0.15) is 17.1 Å². The van der Waals surface area contributed by atoms with Crippen molar-refractivity contribution in [1.29, 1.82) is 0 Å². The number of carbonyl (C=O) groups excluding carboxylic acids is 2. The van der Waals surface area contributed by atoms with Gasteiger partial charge in [0.05, 0.1) is 20.0 Å². The molecule has 0 atom stereocenters. The Morgan fingerprint density at radius 3 is 2.03 bits per heavy atom. The predicted molar refractivity (Wildman–Crippen MR) is 115 cm³/mol. The molecule has 5 nitrogen and oxygen atoms in total. The number of hydrogen-bond donors (Lipinski definition) is 1. The van der Waals surface area contributed by atoms with E-state index < -0.39 is 0 Å². The molecule has 1 N–H and O–H groups in total. The van der Waals surface area contributed by atoms with Gasteiger partial charge in [-0.3, -0.25) is 9.59 Å². The lowest BCUT2D eigenvalue weighted by molar-refractivity contribution is 0.101. The van der Waals surface area contributed by atoms with E-state index in [-0.39, 0.29) is 11.7 Å². The summed E-state index contributed by atoms with van der Waals surface area (Å²) in [5.74, 6) is 0.991. The Balaban J connectivity index is 1.64. The number of ether oxygens (including phenoxy) is 2. The molecule has 29 heavy (non-hydrogen) atoms. The standard InChI is InChI=1S/C23H21NO4S/c1-27-20-9-6-10-21(28-2)22(20)23(26)24-17-11-13-18(14-12-17)29-15-19(25)16-7-4-3-5-8-16/h3-14H,15H2,1-2H3,(H,24,26). The van der Waals surface area contributed by atoms with Gasteiger partial charge in [-0.15, -0.1) is 11.8 Å². The van der Waals surface area contributed by atoms with Gasteiger partial charge < -0.3 is 14.8 Å². The number of thioether (sulfide) groups is 1. The van der Waals surface area contributed by atoms with Gasteiger partial charge >= 0.3 is 0 Å². The van der Waals surface area contributed by atoms with E-state index in [4.69, 9.17) is 9.47 Å². The van der Waals surface area contributed by atoms with E-state index in [1.165, 1.54) is 26.0 Å². The molecule has 0 aliphatic heterocycles. The third-order valence-electron chi connectivity index (χ3n) is 4.23. The fourth-order valence-corrected chi connectivity index (χ4v) is 3.55. The lowest BCUT2D eigenvalue weighted by Crippen LogP contribution is -2.14. The summed E-state index contributed by atoms with van der Waals surface area (Å²) in [5.41, 5.74) is 1.68. The van der Waals surface area contributed by atoms with Crippen LogP contribution in [0.1, 0.15) is 20.7 Å². The van der Waals surface area contributed by atoms with Gasteiger partial charge in [-0.1, -0.05) is 36.4 Å². The van der Waals surface area contributed by atoms with E-state index in [9.17, 15) is 9.59 Å². The van der Waals surface area contributed by atoms with Gasteiger partial charge in [0.25, 0.3) is 5.91 Å². The first-order valence-electron chi connectivity index (χ1n) is 8.96. The zero-order chi connectivity index (χ0) is 20.6. The molecule has 0 fully saturated rings. The molecule has 3 aromatic carbocycles. The molecule has 0 saturated heterocycles. The predicted octanol–water partition coefficient (Wildman–Crippen LogP) is 4.93. The van der Waals surface area contributed by atoms with Crippen molar-refractivity contribution in [3.63, 3.8) is 0 Å². The SMILES string of the molecule is COc1cccc(OC)c1C(=O)Nc1ccc(SCC(=O)c2ccccc2)cc1. The fraction of sp³-hybridized carbons (Fsp3) is 0.130. The number of methoxy groups -OCH3 is 2. The number of anilines is 1. The number of hydrogen-bond acceptors (Lipinski definition) is 5. The van der Waals surface area contributed by atoms with Crippen LogP contribution < -0.4 is 14.8 Å². The monoisotopic (exact) mass is 407 g/mol. The molecule has 0 unspecified atom stereocenters. The molecule has 0 heterocycles. The van der Waals surface area contributed by atoms with E-state index in [1.807, 2.05) is 42.5 Å². The number of carbonyl (C=O) groups is 2. The maximum absolute atomic E-state index is 12.7. The molecule has 0 spiro atoms. The van der Waals surface area contributed by atoms with Crippen LogP contribution >= 0.6 is 11.8 Å². The van der Waals surface area contributed by atoms with Gasteiger partial charge in [-0.2, -0.15) is 0 Å². The number of Topliss-reactive ketones (excluding diaryl/α,β-unsaturated/α-hetero) is 1. The highest BCUT2D eigenvalue weighted by Crippen LogP contribution is 2.29. The quantitative estimate of drug-likeness (QED) is 0.424. The maximum Gasteiger partial charge on any atom is 0.263 e. The summed E-state index contributed by atoms with van der Waals surface area (Å²) in [6.45, 7) is 0. The average Bonchev–Trinajstić information content (AvgIpc) is 2.78. The van der Waals surface area contributed by atoms with Crippen molar-refractivity contribution in [2.75, 3.05) is 25.3 Å². The second-order valence-electron chi connectivity index (χ2n) is 6.09. The van der Waals surface area contributed by atoms with Crippen molar-refractivity contribution in [2.45, 2.75) is 4.90 Å². The number of rotatable bonds is 8. The Morgan fingerprint density at radius 2 is 1.45 bits per heavy atom. The van der Waals surface area contributed by atoms with Crippen molar-refractivity contribution in [3.8, 4) is 11.5 Å². The van der Waals surface area contributed by atoms with Gasteiger partial charge in [0.2, 0.25) is 0 Å². The van der Waals surface area contributed by atoms with Gasteiger partial charge in [0.15, 0.2) is 5.78 Å². The fourth-order valence-electron chi connectivity index (χ4n) is 2.76. The molecular weight excluding hydrogens is 386 g/mol. The summed E-state index contributed by atoms with van der Waals surface area (Å²) in [4.78, 5) is 25.9. The van der Waals surface area contributed by atoms with Crippen molar-refractivity contribution in [1.82, 2.24) is 0 Å². The molecule has 0 bridgehead atoms. The highest BCUT2D eigenvalue weighted by molar-refractivity contribution is 8.00. The van der Waals surface area contributed by atoms with Crippen molar-refractivity contribution in [3.05, 3.63) is 83.9 Å². The van der Waals surface area contributed by atoms with E-state index in [0.29, 0.717) is 34.1 Å². The smallest absolute Gasteiger partial charge is 0.263 e. The molecule has 0 aromatic heterocycles. The first-order valence-corrected chi connectivity index (χ1v) is 9.94. The molecular formula is C23H21NO4S. The first kappa shape index (κ1) is 20.5. The molecule has 0 aliphatic carbocycles. The van der Waals surface area contributed by atoms with Crippen LogP contribution in [0.3, 0.4) is 0 Å². The molecule has 3 rings (SSSR count). The number of ketones is 1. The van der Waals surface area contributed by atoms with Gasteiger partial charge in [-0.05, 0) is 36.4 Å². The van der Waals surface area contributed by atoms with Crippen LogP contribution in [0.25, 0.3) is 0 Å². The van der Waals surface area contributed by atoms with Crippen molar-refractivity contribution < 1.29 is 19.1 Å². The lowest BCUT2D eigenvalue weighted by Gasteiger charge is -2.13. The summed E-state index contributed by atoms with van der Waals surface area (Å²) in [7, 11) is 3.02. The Hall–Kier alpha value is -3.25. The lowest BCUT2D eigenvalue weighted by atomic mass is 10.1. The molecule has 3 aromatic rings. The first-order chi connectivity index (χ1) is 14.1. The third kappa shape index (κ3) is 5.18. The summed E-state index contributed by atoms with van der Waals surface area (Å²) >= 11 is 1.46. The second kappa shape index (κ2) is 9.80. The summed E-state index contributed by atoms with van der Waals surface area (Å²) in [6, 6.07) is 21.7. The molecule has 0 radical (unpaired) electrons. The molecule has 0 aliphatic rings. The molecule has 1 amide bonds. The third-order valence-corrected chi connectivity index (χ3v) is 5.24. The van der Waals surface area contributed by atoms with E-state index in [0.717, 1.165) is 4.90 Å². The highest BCUT2D eigenvalue weighted by atomic mass is 32.2. The zero-order valence-corrected chi connectivity index (χ0v) is 17.0. The van der Waals surface area contributed by atoms with E-state index in [2.05, 4.69) is 5.32 Å². The zero-order valence-electron chi connectivity index (χ0n) is 16.2. The molecule has 0 saturated carbocycles. The van der Waals surface area contributed by atoms with Crippen LogP contribution in [-0.4, -0.2) is 31.7 Å². The van der Waals surface area contributed by atoms with Crippen LogP contribution in [0.15, 0.2) is 77.7 Å². The maximum atomic E-state index is 12.7. The minimum Gasteiger partial charge on any atom is -0.496 e. The Bertz CT molecular complexity index is 965. The van der Waals surface area contributed by atoms with Crippen LogP contribution in [-0.2, 0) is 0 Å². The van der Waals surface area contributed by atoms with E-state index in [1.54, 1.807) is 30.3 Å². The Labute approximate surface area is 174 Å². The number of nitrogens with one attached hydrogen (secondary N) is 1. The molecule has 6 heteroatoms. The van der Waals surface area contributed by atoms with Crippen LogP contribution in [0.2, 0.25) is 0 Å². The summed E-state index contributed by atoms with van der Waals surface area (Å²) in [6.07, 6.45) is 0. The summed E-state index contributed by atoms with van der Waals surface area (Å²) in [5, 5.41) is 2.85. The second-order valence-corrected chi connectivity index (χ2v) is 7.14. The minimum atomic E-state index is -0.320. The number of amides is 1. The van der Waals surface area contributed by atoms with Gasteiger partial charge in [0, 0.05) is 16.1 Å². The van der Waals surface area contributed by atoms with Crippen LogP contribution in [0.4, 0.5) is 5.69 Å². The largest absolute Gasteiger partial charge is 0.496 e. The van der Waals surface area contributed by atoms with Crippen molar-refractivity contribution in [2.24, 2.45) is 0 Å². The summed E-state index contributed by atoms with van der Waals surface area (Å²) < 4.78 is 10.6. The topological polar surface area (TPSA) is 64.6 Å². The van der Waals surface area contributed by atoms with Crippen LogP contribution in [0.5, 0.6) is 11.5 Å². The Morgan fingerprint density at radius 1 is 0.828 bits per heavy atom. The minimum absolute atomic E-state index is 0.0799. The number of benzene rings is 3. The average molecular weight is 407 g/mol. The Kier molecular flexibility index (Phi) is 6.92. The van der Waals surface area contributed by atoms with Crippen LogP contribution in [0, 0.1) is 0 Å². The van der Waals surface area contributed by atoms with Gasteiger partial charge in [-0.25, -0.2) is 0 Å². The van der Waals surface area contributed by atoms with E-state index >= 15 is 0 Å². The normalized spacial score (nSPS) is 10.3.